The van der Waals surface area contributed by atoms with Crippen LogP contribution in [0.5, 0.6) is 57.5 Å². The van der Waals surface area contributed by atoms with Crippen molar-refractivity contribution in [1.29, 1.82) is 0 Å². The van der Waals surface area contributed by atoms with Crippen molar-refractivity contribution in [3.8, 4) is 194 Å². The first-order valence-electron chi connectivity index (χ1n) is 35.0. The summed E-state index contributed by atoms with van der Waals surface area (Å²) in [5, 5.41) is 41.3. The van der Waals surface area contributed by atoms with Gasteiger partial charge in [0.2, 0.25) is 0 Å². The van der Waals surface area contributed by atoms with Gasteiger partial charge in [-0.05, 0) is 158 Å². The van der Waals surface area contributed by atoms with E-state index < -0.39 is 0 Å². The van der Waals surface area contributed by atoms with Gasteiger partial charge in [-0.2, -0.15) is 0 Å². The van der Waals surface area contributed by atoms with Gasteiger partial charge in [-0.1, -0.05) is 140 Å². The van der Waals surface area contributed by atoms with Gasteiger partial charge in [0, 0.05) is 45.0 Å². The third kappa shape index (κ3) is 18.2. The average Bonchev–Trinajstić information content (AvgIpc) is 0.794. The second-order valence-corrected chi connectivity index (χ2v) is 24.4. The van der Waals surface area contributed by atoms with Crippen molar-refractivity contribution in [2.45, 2.75) is 0 Å². The molecule has 0 aliphatic carbocycles. The lowest BCUT2D eigenvalue weighted by atomic mass is 10.1. The van der Waals surface area contributed by atoms with E-state index in [4.69, 9.17) is 28.4 Å². The molecule has 0 radical (unpaired) electrons. The van der Waals surface area contributed by atoms with Crippen LogP contribution in [-0.2, 0) is 0 Å². The van der Waals surface area contributed by atoms with Crippen LogP contribution in [0.2, 0.25) is 0 Å². The molecule has 22 nitrogen and oxygen atoms in total. The van der Waals surface area contributed by atoms with Gasteiger partial charge < -0.3 is 48.8 Å². The van der Waals surface area contributed by atoms with Crippen LogP contribution < -0.4 is 28.4 Å². The standard InChI is InChI=1S/2C23H19N3O3.2C22H17N3O2/c1-28-17-11-7-15(8-12-17)21-24-22(16-9-13-18(29-2)14-10-16)26-23(25-21)19-5-3-4-6-20(19)27;1-28-17-10-8-16(9-11-17)22-24-21(15-6-4-3-5-7-15)25-23(26-22)19-13-12-18(29-2)14-20(19)27;1-27-19-14-8-6-12-17(19)22-24-20(15-9-3-2-4-10-15)23-21(25-22)16-11-5-7-13-18(16)26;1-27-17-13-11-16(12-14-17)21-23-20(15-7-3-2-4-8-15)24-22(25-21)18-9-5-6-10-19(18)26/h2*3-14,27H,1-2H3;2*2-14,26H,1H3. The van der Waals surface area contributed by atoms with Crippen molar-refractivity contribution in [2.75, 3.05) is 42.7 Å². The molecule has 16 aromatic rings. The smallest absolute Gasteiger partial charge is 0.167 e. The molecule has 22 heteroatoms. The number of methoxy groups -OCH3 is 6. The number of phenols is 4. The quantitative estimate of drug-likeness (QED) is 0.0621. The first-order chi connectivity index (χ1) is 54.8. The number of benzene rings is 12. The molecule has 0 amide bonds. The van der Waals surface area contributed by atoms with Crippen molar-refractivity contribution in [3.63, 3.8) is 0 Å². The fraction of sp³-hybridized carbons (Fsp3) is 0.0667. The molecule has 16 rings (SSSR count). The highest BCUT2D eigenvalue weighted by Crippen LogP contribution is 2.38. The topological polar surface area (TPSA) is 291 Å². The summed E-state index contributed by atoms with van der Waals surface area (Å²) in [5.41, 5.74) is 8.82. The van der Waals surface area contributed by atoms with E-state index in [2.05, 4.69) is 59.8 Å². The molecule has 0 bridgehead atoms. The molecular formula is C90H72N12O10. The molecule has 0 atom stereocenters. The molecule has 0 saturated heterocycles. The summed E-state index contributed by atoms with van der Waals surface area (Å²) in [7, 11) is 9.65. The van der Waals surface area contributed by atoms with Crippen LogP contribution in [0.3, 0.4) is 0 Å². The molecule has 0 unspecified atom stereocenters. The molecule has 0 spiro atoms. The molecular weight excluding hydrogens is 1410 g/mol. The molecule has 4 heterocycles. The van der Waals surface area contributed by atoms with E-state index in [0.29, 0.717) is 104 Å². The SMILES string of the molecule is COc1ccc(-c2nc(-c3ccc(OC)cc3)nc(-c3ccccc3O)n2)cc1.COc1ccc(-c2nc(-c3ccccc3)nc(-c3ccc(OC)cc3O)n2)cc1.COc1ccc(-c2nc(-c3ccccc3)nc(-c3ccccc3O)n2)cc1.COc1ccccc1-c1nc(-c2ccccc2)nc(-c2ccccc2O)n1. The van der Waals surface area contributed by atoms with Crippen LogP contribution in [-0.4, -0.2) is 123 Å². The number of para-hydroxylation sites is 4. The van der Waals surface area contributed by atoms with Crippen LogP contribution >= 0.6 is 0 Å². The van der Waals surface area contributed by atoms with Gasteiger partial charge in [0.1, 0.15) is 57.5 Å². The zero-order valence-electron chi connectivity index (χ0n) is 61.5. The minimum Gasteiger partial charge on any atom is -0.507 e. The highest BCUT2D eigenvalue weighted by Gasteiger charge is 2.21. The van der Waals surface area contributed by atoms with Gasteiger partial charge in [0.15, 0.2) is 69.9 Å². The maximum atomic E-state index is 10.5. The fourth-order valence-corrected chi connectivity index (χ4v) is 11.4. The van der Waals surface area contributed by atoms with Gasteiger partial charge >= 0.3 is 0 Å². The predicted molar refractivity (Wildman–Crippen MR) is 431 cm³/mol. The monoisotopic (exact) mass is 1480 g/mol. The third-order valence-corrected chi connectivity index (χ3v) is 17.3. The number of hydrogen-bond donors (Lipinski definition) is 4. The maximum absolute atomic E-state index is 10.5. The molecule has 4 N–H and O–H groups in total. The van der Waals surface area contributed by atoms with Crippen molar-refractivity contribution in [1.82, 2.24) is 59.8 Å². The van der Waals surface area contributed by atoms with E-state index in [-0.39, 0.29) is 23.0 Å². The van der Waals surface area contributed by atoms with Crippen molar-refractivity contribution < 1.29 is 48.8 Å². The summed E-state index contributed by atoms with van der Waals surface area (Å²) in [6, 6.07) is 92.6. The lowest BCUT2D eigenvalue weighted by Crippen LogP contribution is -2.01. The van der Waals surface area contributed by atoms with Gasteiger partial charge in [-0.3, -0.25) is 0 Å². The number of phenolic OH excluding ortho intramolecular Hbond substituents is 4. The Balaban J connectivity index is 0.000000131. The van der Waals surface area contributed by atoms with E-state index in [1.54, 1.807) is 109 Å². The molecule has 0 aliphatic heterocycles. The second-order valence-electron chi connectivity index (χ2n) is 24.4. The number of ether oxygens (including phenoxy) is 6. The average molecular weight is 1480 g/mol. The zero-order valence-corrected chi connectivity index (χ0v) is 61.5. The summed E-state index contributed by atoms with van der Waals surface area (Å²) in [6.45, 7) is 0. The Labute approximate surface area is 645 Å². The van der Waals surface area contributed by atoms with Crippen LogP contribution in [0.25, 0.3) is 137 Å². The van der Waals surface area contributed by atoms with Crippen LogP contribution in [0.4, 0.5) is 0 Å². The van der Waals surface area contributed by atoms with Gasteiger partial charge in [0.05, 0.1) is 70.5 Å². The largest absolute Gasteiger partial charge is 0.507 e. The van der Waals surface area contributed by atoms with Crippen molar-refractivity contribution in [2.24, 2.45) is 0 Å². The molecule has 0 fully saturated rings. The Kier molecular flexibility index (Phi) is 24.0. The Morgan fingerprint density at radius 1 is 0.170 bits per heavy atom. The Morgan fingerprint density at radius 2 is 0.375 bits per heavy atom. The lowest BCUT2D eigenvalue weighted by molar-refractivity contribution is 0.408. The minimum absolute atomic E-state index is 0.0373. The first-order valence-corrected chi connectivity index (χ1v) is 35.0. The molecule has 112 heavy (non-hydrogen) atoms. The Morgan fingerprint density at radius 3 is 0.634 bits per heavy atom. The third-order valence-electron chi connectivity index (χ3n) is 17.3. The number of nitrogens with zero attached hydrogens (tertiary/aromatic N) is 12. The van der Waals surface area contributed by atoms with Crippen LogP contribution in [0.1, 0.15) is 0 Å². The van der Waals surface area contributed by atoms with Crippen molar-refractivity contribution in [3.05, 3.63) is 303 Å². The highest BCUT2D eigenvalue weighted by atomic mass is 16.5. The minimum atomic E-state index is 0.0373. The zero-order chi connectivity index (χ0) is 77.7. The number of hydrogen-bond acceptors (Lipinski definition) is 22. The van der Waals surface area contributed by atoms with Crippen molar-refractivity contribution >= 4 is 0 Å². The number of aromatic nitrogens is 12. The lowest BCUT2D eigenvalue weighted by Gasteiger charge is -2.11. The predicted octanol–water partition coefficient (Wildman–Crippen LogP) is 18.4. The summed E-state index contributed by atoms with van der Waals surface area (Å²) < 4.78 is 31.5. The maximum Gasteiger partial charge on any atom is 0.167 e. The molecule has 552 valence electrons. The van der Waals surface area contributed by atoms with Gasteiger partial charge in [-0.15, -0.1) is 0 Å². The summed E-state index contributed by atoms with van der Waals surface area (Å²) in [5.74, 6) is 10.4. The van der Waals surface area contributed by atoms with E-state index in [0.717, 1.165) is 67.5 Å². The number of rotatable bonds is 18. The van der Waals surface area contributed by atoms with Gasteiger partial charge in [-0.25, -0.2) is 59.8 Å². The van der Waals surface area contributed by atoms with E-state index >= 15 is 0 Å². The van der Waals surface area contributed by atoms with Crippen LogP contribution in [0.15, 0.2) is 303 Å². The van der Waals surface area contributed by atoms with E-state index in [1.165, 1.54) is 6.07 Å². The van der Waals surface area contributed by atoms with E-state index in [1.807, 2.05) is 231 Å². The summed E-state index contributed by atoms with van der Waals surface area (Å²) in [4.78, 5) is 55.4. The molecule has 12 aromatic carbocycles. The Bertz CT molecular complexity index is 5710. The van der Waals surface area contributed by atoms with Gasteiger partial charge in [0.25, 0.3) is 0 Å². The molecule has 4 aromatic heterocycles. The molecule has 0 aliphatic rings. The normalized spacial score (nSPS) is 10.6. The first kappa shape index (κ1) is 74.9. The Hall–Kier alpha value is -15.3. The summed E-state index contributed by atoms with van der Waals surface area (Å²) in [6.07, 6.45) is 0. The summed E-state index contributed by atoms with van der Waals surface area (Å²) >= 11 is 0. The molecule has 0 saturated carbocycles. The number of aromatic hydroxyl groups is 4. The fourth-order valence-electron chi connectivity index (χ4n) is 11.4. The second kappa shape index (κ2) is 35.8. The van der Waals surface area contributed by atoms with E-state index in [9.17, 15) is 20.4 Å². The van der Waals surface area contributed by atoms with Crippen LogP contribution in [0, 0.1) is 0 Å². The highest BCUT2D eigenvalue weighted by molar-refractivity contribution is 5.76.